The lowest BCUT2D eigenvalue weighted by Gasteiger charge is -2.02. The second-order valence-corrected chi connectivity index (χ2v) is 4.88. The van der Waals surface area contributed by atoms with Crippen molar-refractivity contribution < 1.29 is 4.79 Å². The molecule has 3 N–H and O–H groups in total. The first-order valence-corrected chi connectivity index (χ1v) is 6.70. The van der Waals surface area contributed by atoms with Gasteiger partial charge in [0.15, 0.2) is 0 Å². The predicted octanol–water partition coefficient (Wildman–Crippen LogP) is 2.65. The molecule has 1 aromatic carbocycles. The summed E-state index contributed by atoms with van der Waals surface area (Å²) in [4.78, 5) is 18.4. The highest BCUT2D eigenvalue weighted by atomic mass is 16.1. The van der Waals surface area contributed by atoms with Crippen LogP contribution in [0.1, 0.15) is 16.7 Å². The summed E-state index contributed by atoms with van der Waals surface area (Å²) >= 11 is 0. The quantitative estimate of drug-likeness (QED) is 0.720. The standard InChI is InChI=1S/C17H15N3O/c18-16(21)7-6-14-11-20-17-15(14)9-13(10-19-17)8-12-4-2-1-3-5-12/h1-7,9-11H,8H2,(H2,18,21)(H,19,20)/b7-6+. The fourth-order valence-corrected chi connectivity index (χ4v) is 2.31. The van der Waals surface area contributed by atoms with E-state index < -0.39 is 5.91 Å². The van der Waals surface area contributed by atoms with Crippen LogP contribution in [0.15, 0.2) is 54.9 Å². The molecule has 0 unspecified atom stereocenters. The number of hydrogen-bond acceptors (Lipinski definition) is 2. The van der Waals surface area contributed by atoms with E-state index in [0.29, 0.717) is 0 Å². The van der Waals surface area contributed by atoms with Gasteiger partial charge in [-0.2, -0.15) is 0 Å². The number of fused-ring (bicyclic) bond motifs is 1. The Morgan fingerprint density at radius 2 is 2.05 bits per heavy atom. The number of nitrogens with zero attached hydrogens (tertiary/aromatic N) is 1. The summed E-state index contributed by atoms with van der Waals surface area (Å²) in [7, 11) is 0. The van der Waals surface area contributed by atoms with Gasteiger partial charge in [0.2, 0.25) is 5.91 Å². The maximum atomic E-state index is 10.8. The van der Waals surface area contributed by atoms with Crippen LogP contribution in [0.3, 0.4) is 0 Å². The van der Waals surface area contributed by atoms with E-state index in [4.69, 9.17) is 5.73 Å². The molecule has 21 heavy (non-hydrogen) atoms. The van der Waals surface area contributed by atoms with Gasteiger partial charge in [-0.05, 0) is 29.7 Å². The van der Waals surface area contributed by atoms with E-state index in [2.05, 4.69) is 28.2 Å². The summed E-state index contributed by atoms with van der Waals surface area (Å²) in [5.41, 5.74) is 9.21. The number of carbonyl (C=O) groups is 1. The maximum absolute atomic E-state index is 10.8. The monoisotopic (exact) mass is 277 g/mol. The minimum absolute atomic E-state index is 0.460. The van der Waals surface area contributed by atoms with E-state index in [1.807, 2.05) is 30.6 Å². The summed E-state index contributed by atoms with van der Waals surface area (Å²) in [6.45, 7) is 0. The molecule has 2 aromatic heterocycles. The van der Waals surface area contributed by atoms with Crippen LogP contribution in [0.2, 0.25) is 0 Å². The zero-order valence-corrected chi connectivity index (χ0v) is 11.4. The molecule has 0 radical (unpaired) electrons. The van der Waals surface area contributed by atoms with Crippen LogP contribution in [0.25, 0.3) is 17.1 Å². The summed E-state index contributed by atoms with van der Waals surface area (Å²) in [5.74, 6) is -0.460. The van der Waals surface area contributed by atoms with Crippen LogP contribution in [0, 0.1) is 0 Å². The molecule has 104 valence electrons. The third kappa shape index (κ3) is 3.00. The molecule has 0 aliphatic heterocycles. The maximum Gasteiger partial charge on any atom is 0.241 e. The largest absolute Gasteiger partial charge is 0.366 e. The molecular weight excluding hydrogens is 262 g/mol. The van der Waals surface area contributed by atoms with Gasteiger partial charge in [0.1, 0.15) is 5.65 Å². The van der Waals surface area contributed by atoms with Crippen molar-refractivity contribution in [2.24, 2.45) is 5.73 Å². The number of nitrogens with two attached hydrogens (primary N) is 1. The molecule has 0 fully saturated rings. The van der Waals surface area contributed by atoms with Gasteiger partial charge in [-0.1, -0.05) is 30.3 Å². The predicted molar refractivity (Wildman–Crippen MR) is 83.6 cm³/mol. The molecule has 4 nitrogen and oxygen atoms in total. The van der Waals surface area contributed by atoms with Gasteiger partial charge in [0, 0.05) is 29.4 Å². The number of aromatic amines is 1. The fourth-order valence-electron chi connectivity index (χ4n) is 2.31. The number of aromatic nitrogens is 2. The Labute approximate surface area is 122 Å². The van der Waals surface area contributed by atoms with Gasteiger partial charge >= 0.3 is 0 Å². The first-order chi connectivity index (χ1) is 10.2. The van der Waals surface area contributed by atoms with Crippen molar-refractivity contribution in [2.45, 2.75) is 6.42 Å². The third-order valence-electron chi connectivity index (χ3n) is 3.30. The van der Waals surface area contributed by atoms with E-state index in [0.717, 1.165) is 28.6 Å². The molecule has 0 saturated heterocycles. The lowest BCUT2D eigenvalue weighted by Crippen LogP contribution is -2.04. The molecule has 4 heteroatoms. The minimum Gasteiger partial charge on any atom is -0.366 e. The number of rotatable bonds is 4. The van der Waals surface area contributed by atoms with E-state index in [9.17, 15) is 4.79 Å². The van der Waals surface area contributed by atoms with Crippen LogP contribution in [0.5, 0.6) is 0 Å². The third-order valence-corrected chi connectivity index (χ3v) is 3.30. The number of carbonyl (C=O) groups excluding carboxylic acids is 1. The van der Waals surface area contributed by atoms with Crippen molar-refractivity contribution in [3.63, 3.8) is 0 Å². The summed E-state index contributed by atoms with van der Waals surface area (Å²) in [6, 6.07) is 12.3. The number of hydrogen-bond donors (Lipinski definition) is 2. The smallest absolute Gasteiger partial charge is 0.241 e. The number of pyridine rings is 1. The number of primary amides is 1. The van der Waals surface area contributed by atoms with E-state index in [1.54, 1.807) is 6.08 Å². The van der Waals surface area contributed by atoms with E-state index >= 15 is 0 Å². The molecule has 3 aromatic rings. The summed E-state index contributed by atoms with van der Waals surface area (Å²) < 4.78 is 0. The number of amides is 1. The van der Waals surface area contributed by atoms with Gasteiger partial charge in [-0.25, -0.2) is 4.98 Å². The van der Waals surface area contributed by atoms with Crippen LogP contribution < -0.4 is 5.73 Å². The van der Waals surface area contributed by atoms with Crippen LogP contribution in [0.4, 0.5) is 0 Å². The summed E-state index contributed by atoms with van der Waals surface area (Å²) in [6.07, 6.45) is 7.58. The Balaban J connectivity index is 1.95. The topological polar surface area (TPSA) is 71.8 Å². The van der Waals surface area contributed by atoms with Gasteiger partial charge in [-0.15, -0.1) is 0 Å². The lowest BCUT2D eigenvalue weighted by atomic mass is 10.0. The number of H-pyrrole nitrogens is 1. The Bertz CT molecular complexity index is 803. The average molecular weight is 277 g/mol. The molecule has 0 atom stereocenters. The van der Waals surface area contributed by atoms with E-state index in [-0.39, 0.29) is 0 Å². The zero-order valence-electron chi connectivity index (χ0n) is 11.4. The highest BCUT2D eigenvalue weighted by molar-refractivity contribution is 5.94. The van der Waals surface area contributed by atoms with Crippen molar-refractivity contribution in [2.75, 3.05) is 0 Å². The Morgan fingerprint density at radius 1 is 1.24 bits per heavy atom. The van der Waals surface area contributed by atoms with Crippen LogP contribution >= 0.6 is 0 Å². The van der Waals surface area contributed by atoms with Gasteiger partial charge in [0.05, 0.1) is 0 Å². The van der Waals surface area contributed by atoms with Crippen LogP contribution in [-0.2, 0) is 11.2 Å². The summed E-state index contributed by atoms with van der Waals surface area (Å²) in [5, 5.41) is 0.987. The number of nitrogens with one attached hydrogen (secondary N) is 1. The van der Waals surface area contributed by atoms with Crippen LogP contribution in [-0.4, -0.2) is 15.9 Å². The molecule has 1 amide bonds. The molecule has 0 aliphatic carbocycles. The molecule has 3 rings (SSSR count). The second-order valence-electron chi connectivity index (χ2n) is 4.88. The SMILES string of the molecule is NC(=O)/C=C/c1c[nH]c2ncc(Cc3ccccc3)cc12. The Hall–Kier alpha value is -2.88. The zero-order chi connectivity index (χ0) is 14.7. The molecule has 0 aliphatic rings. The van der Waals surface area contributed by atoms with Crippen molar-refractivity contribution in [3.8, 4) is 0 Å². The highest BCUT2D eigenvalue weighted by Crippen LogP contribution is 2.20. The van der Waals surface area contributed by atoms with E-state index in [1.165, 1.54) is 11.6 Å². The van der Waals surface area contributed by atoms with Crippen molar-refractivity contribution in [1.29, 1.82) is 0 Å². The molecule has 0 spiro atoms. The van der Waals surface area contributed by atoms with Crippen molar-refractivity contribution in [3.05, 3.63) is 71.6 Å². The average Bonchev–Trinajstić information content (AvgIpc) is 2.88. The Kier molecular flexibility index (Phi) is 3.51. The van der Waals surface area contributed by atoms with Gasteiger partial charge < -0.3 is 10.7 Å². The second kappa shape index (κ2) is 5.63. The fraction of sp³-hybridized carbons (Fsp3) is 0.0588. The molecule has 0 bridgehead atoms. The molecule has 2 heterocycles. The highest BCUT2D eigenvalue weighted by Gasteiger charge is 2.05. The molecule has 0 saturated carbocycles. The first kappa shape index (κ1) is 13.1. The lowest BCUT2D eigenvalue weighted by molar-refractivity contribution is -0.113. The minimum atomic E-state index is -0.460. The first-order valence-electron chi connectivity index (χ1n) is 6.70. The molecular formula is C17H15N3O. The van der Waals surface area contributed by atoms with Gasteiger partial charge in [0.25, 0.3) is 0 Å². The normalized spacial score (nSPS) is 11.2. The van der Waals surface area contributed by atoms with Crippen molar-refractivity contribution >= 4 is 23.0 Å². The number of benzene rings is 1. The Morgan fingerprint density at radius 3 is 2.81 bits per heavy atom. The van der Waals surface area contributed by atoms with Crippen molar-refractivity contribution in [1.82, 2.24) is 9.97 Å². The van der Waals surface area contributed by atoms with Gasteiger partial charge in [-0.3, -0.25) is 4.79 Å².